The molecule has 5 nitrogen and oxygen atoms in total. The number of carbonyl (C=O) groups is 1. The monoisotopic (exact) mass is 298 g/mol. The lowest BCUT2D eigenvalue weighted by atomic mass is 10.1. The number of hydrogen-bond donors (Lipinski definition) is 1. The maximum atomic E-state index is 12.6. The van der Waals surface area contributed by atoms with E-state index in [0.29, 0.717) is 5.92 Å². The fourth-order valence-electron chi connectivity index (χ4n) is 2.99. The van der Waals surface area contributed by atoms with Gasteiger partial charge in [0, 0.05) is 43.0 Å². The van der Waals surface area contributed by atoms with Crippen LogP contribution in [0.1, 0.15) is 34.0 Å². The number of nitrogens with one attached hydrogen (secondary N) is 1. The molecule has 22 heavy (non-hydrogen) atoms. The van der Waals surface area contributed by atoms with Crippen molar-refractivity contribution in [3.8, 4) is 0 Å². The largest absolute Gasteiger partial charge is 0.338 e. The molecule has 0 bridgehead atoms. The summed E-state index contributed by atoms with van der Waals surface area (Å²) in [5, 5.41) is 7.01. The van der Waals surface area contributed by atoms with Crippen LogP contribution >= 0.6 is 0 Å². The maximum absolute atomic E-state index is 12.6. The van der Waals surface area contributed by atoms with E-state index in [9.17, 15) is 4.79 Å². The van der Waals surface area contributed by atoms with Crippen LogP contribution in [0.5, 0.6) is 0 Å². The molecule has 1 amide bonds. The highest BCUT2D eigenvalue weighted by molar-refractivity contribution is 5.94. The van der Waals surface area contributed by atoms with Gasteiger partial charge < -0.3 is 9.80 Å². The molecule has 1 aliphatic heterocycles. The second-order valence-corrected chi connectivity index (χ2v) is 6.18. The summed E-state index contributed by atoms with van der Waals surface area (Å²) in [4.78, 5) is 16.6. The first kappa shape index (κ1) is 14.8. The minimum absolute atomic E-state index is 0.124. The van der Waals surface area contributed by atoms with Crippen molar-refractivity contribution in [2.24, 2.45) is 0 Å². The summed E-state index contributed by atoms with van der Waals surface area (Å²) in [6.45, 7) is 2.46. The van der Waals surface area contributed by atoms with Gasteiger partial charge in [-0.15, -0.1) is 0 Å². The van der Waals surface area contributed by atoms with E-state index in [1.807, 2.05) is 49.3 Å². The highest BCUT2D eigenvalue weighted by Crippen LogP contribution is 2.26. The zero-order chi connectivity index (χ0) is 15.5. The molecule has 5 heteroatoms. The lowest BCUT2D eigenvalue weighted by Gasteiger charge is -2.17. The molecule has 116 valence electrons. The Morgan fingerprint density at radius 2 is 2.09 bits per heavy atom. The van der Waals surface area contributed by atoms with Crippen LogP contribution in [0.25, 0.3) is 0 Å². The number of likely N-dealkylation sites (tertiary alicyclic amines) is 1. The second-order valence-electron chi connectivity index (χ2n) is 6.18. The quantitative estimate of drug-likeness (QED) is 0.940. The summed E-state index contributed by atoms with van der Waals surface area (Å²) in [5.74, 6) is 0.498. The van der Waals surface area contributed by atoms with Gasteiger partial charge in [-0.1, -0.05) is 12.1 Å². The summed E-state index contributed by atoms with van der Waals surface area (Å²) in [5.41, 5.74) is 3.11. The number of carbonyl (C=O) groups excluding carboxylic acids is 1. The first-order valence-corrected chi connectivity index (χ1v) is 7.65. The number of amides is 1. The van der Waals surface area contributed by atoms with Crippen molar-refractivity contribution in [1.82, 2.24) is 20.0 Å². The van der Waals surface area contributed by atoms with Crippen molar-refractivity contribution >= 4 is 5.91 Å². The van der Waals surface area contributed by atoms with Crippen LogP contribution in [0, 0.1) is 0 Å². The lowest BCUT2D eigenvalue weighted by Crippen LogP contribution is -2.28. The van der Waals surface area contributed by atoms with Crippen LogP contribution in [0.4, 0.5) is 0 Å². The van der Waals surface area contributed by atoms with Crippen LogP contribution in [-0.2, 0) is 6.54 Å². The average molecular weight is 298 g/mol. The first-order chi connectivity index (χ1) is 10.6. The van der Waals surface area contributed by atoms with Crippen molar-refractivity contribution in [2.45, 2.75) is 18.9 Å². The van der Waals surface area contributed by atoms with Crippen LogP contribution in [0.3, 0.4) is 0 Å². The molecule has 2 heterocycles. The predicted octanol–water partition coefficient (Wildman–Crippen LogP) is 2.10. The molecule has 3 rings (SSSR count). The summed E-state index contributed by atoms with van der Waals surface area (Å²) in [6.07, 6.45) is 2.76. The summed E-state index contributed by atoms with van der Waals surface area (Å²) in [7, 11) is 4.08. The van der Waals surface area contributed by atoms with Gasteiger partial charge in [-0.2, -0.15) is 5.10 Å². The van der Waals surface area contributed by atoms with Gasteiger partial charge in [0.1, 0.15) is 0 Å². The number of H-pyrrole nitrogens is 1. The minimum Gasteiger partial charge on any atom is -0.338 e. The molecule has 0 spiro atoms. The fraction of sp³-hybridized carbons (Fsp3) is 0.412. The highest BCUT2D eigenvalue weighted by atomic mass is 16.2. The molecule has 2 aromatic rings. The van der Waals surface area contributed by atoms with Crippen LogP contribution in [0.2, 0.25) is 0 Å². The van der Waals surface area contributed by atoms with Crippen LogP contribution in [-0.4, -0.2) is 53.1 Å². The van der Waals surface area contributed by atoms with Crippen LogP contribution in [0.15, 0.2) is 36.5 Å². The average Bonchev–Trinajstić information content (AvgIpc) is 3.18. The molecule has 1 atom stereocenters. The Morgan fingerprint density at radius 3 is 2.73 bits per heavy atom. The molecule has 0 saturated carbocycles. The number of rotatable bonds is 4. The zero-order valence-electron chi connectivity index (χ0n) is 13.1. The van der Waals surface area contributed by atoms with Gasteiger partial charge in [-0.25, -0.2) is 0 Å². The number of aromatic nitrogens is 2. The molecule has 0 radical (unpaired) electrons. The van der Waals surface area contributed by atoms with E-state index in [0.717, 1.165) is 37.3 Å². The number of aromatic amines is 1. The standard InChI is InChI=1S/C17H22N4O/c1-20(2)11-13-3-5-14(6-4-13)17(22)21-10-8-15(12-21)16-7-9-18-19-16/h3-7,9,15H,8,10-12H2,1-2H3,(H,18,19)/t15-/m1/s1. The zero-order valence-corrected chi connectivity index (χ0v) is 13.1. The summed E-state index contributed by atoms with van der Waals surface area (Å²) in [6, 6.07) is 9.94. The minimum atomic E-state index is 0.124. The molecule has 1 aromatic carbocycles. The Bertz CT molecular complexity index is 619. The van der Waals surface area contributed by atoms with E-state index < -0.39 is 0 Å². The third-order valence-corrected chi connectivity index (χ3v) is 4.14. The van der Waals surface area contributed by atoms with E-state index >= 15 is 0 Å². The molecule has 1 aliphatic rings. The molecule has 0 aliphatic carbocycles. The Labute approximate surface area is 130 Å². The van der Waals surface area contributed by atoms with Gasteiger partial charge in [0.15, 0.2) is 0 Å². The maximum Gasteiger partial charge on any atom is 0.253 e. The Hall–Kier alpha value is -2.14. The lowest BCUT2D eigenvalue weighted by molar-refractivity contribution is 0.0790. The number of hydrogen-bond acceptors (Lipinski definition) is 3. The third kappa shape index (κ3) is 3.20. The van der Waals surface area contributed by atoms with Crippen molar-refractivity contribution in [1.29, 1.82) is 0 Å². The van der Waals surface area contributed by atoms with Gasteiger partial charge in [0.05, 0.1) is 0 Å². The van der Waals surface area contributed by atoms with E-state index in [1.165, 1.54) is 5.56 Å². The van der Waals surface area contributed by atoms with E-state index in [2.05, 4.69) is 15.1 Å². The first-order valence-electron chi connectivity index (χ1n) is 7.65. The van der Waals surface area contributed by atoms with Gasteiger partial charge >= 0.3 is 0 Å². The molecule has 1 aromatic heterocycles. The fourth-order valence-corrected chi connectivity index (χ4v) is 2.99. The summed E-state index contributed by atoms with van der Waals surface area (Å²) >= 11 is 0. The van der Waals surface area contributed by atoms with Crippen LogP contribution < -0.4 is 0 Å². The summed E-state index contributed by atoms with van der Waals surface area (Å²) < 4.78 is 0. The Morgan fingerprint density at radius 1 is 1.32 bits per heavy atom. The molecule has 1 fully saturated rings. The predicted molar refractivity (Wildman–Crippen MR) is 85.7 cm³/mol. The topological polar surface area (TPSA) is 52.2 Å². The molecule has 1 N–H and O–H groups in total. The SMILES string of the molecule is CN(C)Cc1ccc(C(=O)N2CC[C@@H](c3ccn[nH]3)C2)cc1. The van der Waals surface area contributed by atoms with E-state index in [-0.39, 0.29) is 5.91 Å². The highest BCUT2D eigenvalue weighted by Gasteiger charge is 2.28. The number of benzene rings is 1. The van der Waals surface area contributed by atoms with E-state index in [4.69, 9.17) is 0 Å². The van der Waals surface area contributed by atoms with Crippen molar-refractivity contribution < 1.29 is 4.79 Å². The van der Waals surface area contributed by atoms with Gasteiger partial charge in [-0.3, -0.25) is 9.89 Å². The smallest absolute Gasteiger partial charge is 0.253 e. The molecule has 1 saturated heterocycles. The normalized spacial score (nSPS) is 18.1. The van der Waals surface area contributed by atoms with Crippen molar-refractivity contribution in [3.63, 3.8) is 0 Å². The molecular formula is C17H22N4O. The van der Waals surface area contributed by atoms with Gasteiger partial charge in [-0.05, 0) is 44.3 Å². The third-order valence-electron chi connectivity index (χ3n) is 4.14. The second kappa shape index (κ2) is 6.32. The van der Waals surface area contributed by atoms with E-state index in [1.54, 1.807) is 6.20 Å². The molecular weight excluding hydrogens is 276 g/mol. The van der Waals surface area contributed by atoms with Crippen molar-refractivity contribution in [3.05, 3.63) is 53.3 Å². The van der Waals surface area contributed by atoms with Crippen molar-refractivity contribution in [2.75, 3.05) is 27.2 Å². The van der Waals surface area contributed by atoms with Gasteiger partial charge in [0.2, 0.25) is 0 Å². The Kier molecular flexibility index (Phi) is 4.24. The molecule has 0 unspecified atom stereocenters. The number of nitrogens with zero attached hydrogens (tertiary/aromatic N) is 3. The van der Waals surface area contributed by atoms with Gasteiger partial charge in [0.25, 0.3) is 5.91 Å². The Balaban J connectivity index is 1.64.